The van der Waals surface area contributed by atoms with E-state index in [4.69, 9.17) is 0 Å². The van der Waals surface area contributed by atoms with Crippen LogP contribution in [0.3, 0.4) is 0 Å². The highest BCUT2D eigenvalue weighted by molar-refractivity contribution is 5.89. The second kappa shape index (κ2) is 11.1. The van der Waals surface area contributed by atoms with Gasteiger partial charge in [-0.25, -0.2) is 9.80 Å². The normalized spacial score (nSPS) is 26.2. The minimum atomic E-state index is -0.720. The molecule has 36 heavy (non-hydrogen) atoms. The van der Waals surface area contributed by atoms with Gasteiger partial charge in [0, 0.05) is 31.1 Å². The van der Waals surface area contributed by atoms with Crippen molar-refractivity contribution in [2.24, 2.45) is 11.8 Å². The first kappa shape index (κ1) is 25.7. The number of amides is 5. The average Bonchev–Trinajstić information content (AvgIpc) is 3.20. The van der Waals surface area contributed by atoms with Crippen molar-refractivity contribution in [2.45, 2.75) is 64.4 Å². The average molecular weight is 497 g/mol. The van der Waals surface area contributed by atoms with E-state index in [9.17, 15) is 19.2 Å². The summed E-state index contributed by atoms with van der Waals surface area (Å²) in [4.78, 5) is 55.6. The second-order valence-corrected chi connectivity index (χ2v) is 9.82. The van der Waals surface area contributed by atoms with E-state index in [1.54, 1.807) is 15.9 Å². The topological polar surface area (TPSA) is 114 Å². The van der Waals surface area contributed by atoms with Gasteiger partial charge in [-0.05, 0) is 38.2 Å². The zero-order valence-corrected chi connectivity index (χ0v) is 21.0. The summed E-state index contributed by atoms with van der Waals surface area (Å²) in [6.07, 6.45) is 3.29. The summed E-state index contributed by atoms with van der Waals surface area (Å²) in [6, 6.07) is 8.81. The van der Waals surface area contributed by atoms with Crippen LogP contribution < -0.4 is 16.1 Å². The lowest BCUT2D eigenvalue weighted by molar-refractivity contribution is -0.157. The SMILES string of the molecule is C=CCN1C(=O)C2CCC(C(=O)NC(C)CC)CC2N2C(=O)N(CC(=O)NCc3ccccc3)NC12. The number of hydrogen-bond acceptors (Lipinski definition) is 5. The molecule has 2 aliphatic heterocycles. The molecule has 3 aliphatic rings. The molecule has 3 fully saturated rings. The quantitative estimate of drug-likeness (QED) is 0.449. The molecule has 0 bridgehead atoms. The predicted octanol–water partition coefficient (Wildman–Crippen LogP) is 1.56. The maximum atomic E-state index is 13.5. The van der Waals surface area contributed by atoms with Crippen LogP contribution in [0, 0.1) is 11.8 Å². The lowest BCUT2D eigenvalue weighted by Gasteiger charge is -2.49. The lowest BCUT2D eigenvalue weighted by Crippen LogP contribution is -2.67. The van der Waals surface area contributed by atoms with Crippen molar-refractivity contribution in [3.05, 3.63) is 48.6 Å². The van der Waals surface area contributed by atoms with Crippen LogP contribution in [0.1, 0.15) is 45.1 Å². The molecule has 0 radical (unpaired) electrons. The summed E-state index contributed by atoms with van der Waals surface area (Å²) >= 11 is 0. The van der Waals surface area contributed by atoms with E-state index in [-0.39, 0.29) is 54.7 Å². The van der Waals surface area contributed by atoms with Gasteiger partial charge in [0.05, 0.1) is 5.92 Å². The Bertz CT molecular complexity index is 1000. The molecule has 194 valence electrons. The van der Waals surface area contributed by atoms with E-state index in [1.165, 1.54) is 5.01 Å². The third kappa shape index (κ3) is 5.23. The predicted molar refractivity (Wildman–Crippen MR) is 134 cm³/mol. The number of urea groups is 1. The van der Waals surface area contributed by atoms with Crippen molar-refractivity contribution in [3.8, 4) is 0 Å². The molecule has 10 heteroatoms. The summed E-state index contributed by atoms with van der Waals surface area (Å²) in [7, 11) is 0. The van der Waals surface area contributed by atoms with E-state index < -0.39 is 12.3 Å². The Morgan fingerprint density at radius 3 is 2.67 bits per heavy atom. The standard InChI is InChI=1S/C26H36N6O4/c1-4-13-30-24(35)20-12-11-19(23(34)28-17(3)5-2)14-21(20)32-25(30)29-31(26(32)36)16-22(33)27-15-18-9-7-6-8-10-18/h4,6-10,17,19-21,25,29H,1,5,11-16H2,2-3H3,(H,27,33)(H,28,34). The van der Waals surface area contributed by atoms with Gasteiger partial charge in [-0.1, -0.05) is 43.3 Å². The number of hydrogen-bond donors (Lipinski definition) is 3. The molecule has 1 aromatic carbocycles. The molecular weight excluding hydrogens is 460 g/mol. The van der Waals surface area contributed by atoms with Crippen molar-refractivity contribution in [1.82, 2.24) is 30.9 Å². The van der Waals surface area contributed by atoms with E-state index in [2.05, 4.69) is 22.6 Å². The Kier molecular flexibility index (Phi) is 7.93. The fourth-order valence-electron chi connectivity index (χ4n) is 5.26. The third-order valence-electron chi connectivity index (χ3n) is 7.39. The Morgan fingerprint density at radius 1 is 1.22 bits per heavy atom. The highest BCUT2D eigenvalue weighted by atomic mass is 16.2. The first-order valence-corrected chi connectivity index (χ1v) is 12.7. The van der Waals surface area contributed by atoms with Crippen LogP contribution in [0.15, 0.2) is 43.0 Å². The number of rotatable bonds is 9. The first-order valence-electron chi connectivity index (χ1n) is 12.7. The number of nitrogens with one attached hydrogen (secondary N) is 3. The van der Waals surface area contributed by atoms with E-state index in [0.717, 1.165) is 12.0 Å². The van der Waals surface area contributed by atoms with Crippen LogP contribution in [0.5, 0.6) is 0 Å². The molecule has 10 nitrogen and oxygen atoms in total. The van der Waals surface area contributed by atoms with Gasteiger partial charge >= 0.3 is 6.03 Å². The van der Waals surface area contributed by atoms with Gasteiger partial charge in [0.15, 0.2) is 6.29 Å². The Morgan fingerprint density at radius 2 is 1.97 bits per heavy atom. The van der Waals surface area contributed by atoms with Crippen LogP contribution in [0.2, 0.25) is 0 Å². The molecule has 1 aromatic rings. The second-order valence-electron chi connectivity index (χ2n) is 9.82. The number of benzene rings is 1. The van der Waals surface area contributed by atoms with Crippen LogP contribution in [-0.2, 0) is 20.9 Å². The highest BCUT2D eigenvalue weighted by Crippen LogP contribution is 2.40. The molecular formula is C26H36N6O4. The zero-order chi connectivity index (χ0) is 25.8. The molecule has 4 rings (SSSR count). The molecule has 5 unspecified atom stereocenters. The number of nitrogens with zero attached hydrogens (tertiary/aromatic N) is 3. The Balaban J connectivity index is 1.48. The summed E-state index contributed by atoms with van der Waals surface area (Å²) < 4.78 is 0. The van der Waals surface area contributed by atoms with E-state index >= 15 is 0 Å². The van der Waals surface area contributed by atoms with Gasteiger partial charge in [0.25, 0.3) is 0 Å². The van der Waals surface area contributed by atoms with Gasteiger partial charge in [0.1, 0.15) is 6.54 Å². The van der Waals surface area contributed by atoms with Crippen molar-refractivity contribution < 1.29 is 19.2 Å². The zero-order valence-electron chi connectivity index (χ0n) is 21.0. The molecule has 2 heterocycles. The van der Waals surface area contributed by atoms with Crippen molar-refractivity contribution in [1.29, 1.82) is 0 Å². The minimum absolute atomic E-state index is 0.0305. The Labute approximate surface area is 212 Å². The number of fused-ring (bicyclic) bond motifs is 3. The van der Waals surface area contributed by atoms with Crippen LogP contribution in [0.4, 0.5) is 4.79 Å². The Hall–Kier alpha value is -3.40. The number of hydrazine groups is 1. The maximum absolute atomic E-state index is 13.5. The third-order valence-corrected chi connectivity index (χ3v) is 7.39. The molecule has 2 saturated heterocycles. The van der Waals surface area contributed by atoms with Gasteiger partial charge in [-0.15, -0.1) is 6.58 Å². The molecule has 5 atom stereocenters. The molecule has 0 spiro atoms. The monoisotopic (exact) mass is 496 g/mol. The van der Waals surface area contributed by atoms with Crippen molar-refractivity contribution in [3.63, 3.8) is 0 Å². The highest BCUT2D eigenvalue weighted by Gasteiger charge is 2.56. The smallest absolute Gasteiger partial charge is 0.337 e. The molecule has 3 N–H and O–H groups in total. The summed E-state index contributed by atoms with van der Waals surface area (Å²) in [5, 5.41) is 7.14. The van der Waals surface area contributed by atoms with E-state index in [1.807, 2.05) is 44.2 Å². The summed E-state index contributed by atoms with van der Waals surface area (Å²) in [6.45, 7) is 8.18. The fourth-order valence-corrected chi connectivity index (χ4v) is 5.26. The molecule has 5 amide bonds. The van der Waals surface area contributed by atoms with Gasteiger partial charge in [-0.3, -0.25) is 19.3 Å². The fraction of sp³-hybridized carbons (Fsp3) is 0.538. The van der Waals surface area contributed by atoms with E-state index in [0.29, 0.717) is 25.8 Å². The largest absolute Gasteiger partial charge is 0.353 e. The number of carbonyl (C=O) groups excluding carboxylic acids is 4. The van der Waals surface area contributed by atoms with Gasteiger partial charge in [0.2, 0.25) is 17.7 Å². The molecule has 0 aromatic heterocycles. The number of carbonyl (C=O) groups is 4. The molecule has 1 saturated carbocycles. The van der Waals surface area contributed by atoms with Crippen LogP contribution >= 0.6 is 0 Å². The summed E-state index contributed by atoms with van der Waals surface area (Å²) in [5.41, 5.74) is 4.02. The van der Waals surface area contributed by atoms with Crippen molar-refractivity contribution >= 4 is 23.8 Å². The van der Waals surface area contributed by atoms with Crippen LogP contribution in [-0.4, -0.2) is 70.0 Å². The van der Waals surface area contributed by atoms with Crippen molar-refractivity contribution in [2.75, 3.05) is 13.1 Å². The summed E-state index contributed by atoms with van der Waals surface area (Å²) in [5.74, 6) is -1.05. The van der Waals surface area contributed by atoms with Crippen LogP contribution in [0.25, 0.3) is 0 Å². The lowest BCUT2D eigenvalue weighted by atomic mass is 9.75. The van der Waals surface area contributed by atoms with Gasteiger partial charge in [-0.2, -0.15) is 5.43 Å². The molecule has 1 aliphatic carbocycles. The first-order chi connectivity index (χ1) is 17.3. The maximum Gasteiger partial charge on any atom is 0.337 e. The minimum Gasteiger partial charge on any atom is -0.353 e. The van der Waals surface area contributed by atoms with Gasteiger partial charge < -0.3 is 15.5 Å².